The molecule has 0 aliphatic carbocycles. The van der Waals surface area contributed by atoms with Crippen LogP contribution in [0.5, 0.6) is 0 Å². The van der Waals surface area contributed by atoms with Gasteiger partial charge in [-0.05, 0) is 24.3 Å². The van der Waals surface area contributed by atoms with Crippen LogP contribution in [0.2, 0.25) is 0 Å². The van der Waals surface area contributed by atoms with Crippen LogP contribution in [0.3, 0.4) is 0 Å². The Labute approximate surface area is 149 Å². The van der Waals surface area contributed by atoms with Crippen LogP contribution in [0.1, 0.15) is 26.7 Å². The summed E-state index contributed by atoms with van der Waals surface area (Å²) in [7, 11) is 0. The number of hydrogen-bond acceptors (Lipinski definition) is 5. The first-order valence-corrected chi connectivity index (χ1v) is 9.89. The van der Waals surface area contributed by atoms with Gasteiger partial charge >= 0.3 is 0 Å². The van der Waals surface area contributed by atoms with Crippen LogP contribution in [-0.2, 0) is 9.59 Å². The molecular weight excluding hydrogens is 342 g/mol. The topological polar surface area (TPSA) is 62.3 Å². The Kier molecular flexibility index (Phi) is 5.30. The van der Waals surface area contributed by atoms with Crippen molar-refractivity contribution in [2.45, 2.75) is 26.7 Å². The molecule has 0 atom stereocenters. The van der Waals surface area contributed by atoms with Crippen LogP contribution in [0.4, 0.5) is 5.13 Å². The number of rotatable bonds is 4. The number of amides is 2. The van der Waals surface area contributed by atoms with E-state index in [1.165, 1.54) is 11.3 Å². The van der Waals surface area contributed by atoms with Crippen molar-refractivity contribution < 1.29 is 9.59 Å². The first-order chi connectivity index (χ1) is 11.5. The molecule has 128 valence electrons. The predicted octanol–water partition coefficient (Wildman–Crippen LogP) is 3.70. The van der Waals surface area contributed by atoms with Gasteiger partial charge in [-0.2, -0.15) is 0 Å². The fourth-order valence-electron chi connectivity index (χ4n) is 2.80. The molecule has 0 aromatic carbocycles. The van der Waals surface area contributed by atoms with Gasteiger partial charge in [-0.1, -0.05) is 19.9 Å². The lowest BCUT2D eigenvalue weighted by Gasteiger charge is -2.32. The monoisotopic (exact) mass is 363 g/mol. The highest BCUT2D eigenvalue weighted by atomic mass is 32.1. The molecule has 1 aliphatic rings. The molecule has 2 aromatic rings. The smallest absolute Gasteiger partial charge is 0.229 e. The SMILES string of the molecule is CC(C)C(=O)N1CCC(C(=O)Nc2nc(-c3cccs3)cs2)CC1. The molecule has 1 aliphatic heterocycles. The Bertz CT molecular complexity index is 701. The summed E-state index contributed by atoms with van der Waals surface area (Å²) in [5.41, 5.74) is 0.905. The van der Waals surface area contributed by atoms with E-state index in [0.29, 0.717) is 31.1 Å². The Morgan fingerprint density at radius 2 is 2.04 bits per heavy atom. The Balaban J connectivity index is 1.54. The molecule has 2 amide bonds. The number of likely N-dealkylation sites (tertiary alicyclic amines) is 1. The summed E-state index contributed by atoms with van der Waals surface area (Å²) in [6.45, 7) is 5.14. The van der Waals surface area contributed by atoms with Gasteiger partial charge in [0.25, 0.3) is 0 Å². The first kappa shape index (κ1) is 17.1. The number of nitrogens with one attached hydrogen (secondary N) is 1. The van der Waals surface area contributed by atoms with E-state index in [1.54, 1.807) is 11.3 Å². The first-order valence-electron chi connectivity index (χ1n) is 8.13. The van der Waals surface area contributed by atoms with Crippen LogP contribution in [0.25, 0.3) is 10.6 Å². The van der Waals surface area contributed by atoms with Gasteiger partial charge in [0.15, 0.2) is 5.13 Å². The summed E-state index contributed by atoms with van der Waals surface area (Å²) >= 11 is 3.08. The van der Waals surface area contributed by atoms with Gasteiger partial charge in [0.05, 0.1) is 10.6 Å². The molecule has 0 saturated carbocycles. The molecule has 7 heteroatoms. The quantitative estimate of drug-likeness (QED) is 0.901. The molecular formula is C17H21N3O2S2. The minimum Gasteiger partial charge on any atom is -0.342 e. The van der Waals surface area contributed by atoms with Gasteiger partial charge < -0.3 is 10.2 Å². The molecule has 0 bridgehead atoms. The van der Waals surface area contributed by atoms with Crippen molar-refractivity contribution in [3.8, 4) is 10.6 Å². The number of hydrogen-bond donors (Lipinski definition) is 1. The van der Waals surface area contributed by atoms with Gasteiger partial charge in [0.2, 0.25) is 11.8 Å². The molecule has 3 heterocycles. The second-order valence-corrected chi connectivity index (χ2v) is 8.06. The number of thiophene rings is 1. The van der Waals surface area contributed by atoms with Crippen molar-refractivity contribution in [2.75, 3.05) is 18.4 Å². The minimum absolute atomic E-state index is 0.0127. The Hall–Kier alpha value is -1.73. The predicted molar refractivity (Wildman–Crippen MR) is 98.2 cm³/mol. The molecule has 5 nitrogen and oxygen atoms in total. The summed E-state index contributed by atoms with van der Waals surface area (Å²) in [6.07, 6.45) is 1.43. The zero-order valence-corrected chi connectivity index (χ0v) is 15.5. The maximum atomic E-state index is 12.4. The van der Waals surface area contributed by atoms with Crippen molar-refractivity contribution in [3.05, 3.63) is 22.9 Å². The van der Waals surface area contributed by atoms with Crippen molar-refractivity contribution in [1.29, 1.82) is 0 Å². The van der Waals surface area contributed by atoms with E-state index in [1.807, 2.05) is 41.6 Å². The highest BCUT2D eigenvalue weighted by Crippen LogP contribution is 2.29. The Morgan fingerprint density at radius 3 is 2.67 bits per heavy atom. The van der Waals surface area contributed by atoms with Gasteiger partial charge in [-0.25, -0.2) is 4.98 Å². The normalized spacial score (nSPS) is 15.7. The standard InChI is InChI=1S/C17H21N3O2S2/c1-11(2)16(22)20-7-5-12(6-8-20)15(21)19-17-18-13(10-24-17)14-4-3-9-23-14/h3-4,9-12H,5-8H2,1-2H3,(H,18,19,21). The number of carbonyl (C=O) groups excluding carboxylic acids is 2. The van der Waals surface area contributed by atoms with Crippen LogP contribution < -0.4 is 5.32 Å². The average Bonchev–Trinajstić information content (AvgIpc) is 3.25. The molecule has 3 rings (SSSR count). The molecule has 0 radical (unpaired) electrons. The van der Waals surface area contributed by atoms with Crippen molar-refractivity contribution in [2.24, 2.45) is 11.8 Å². The lowest BCUT2D eigenvalue weighted by Crippen LogP contribution is -2.43. The number of aromatic nitrogens is 1. The van der Waals surface area contributed by atoms with Gasteiger partial charge in [-0.15, -0.1) is 22.7 Å². The summed E-state index contributed by atoms with van der Waals surface area (Å²) in [5.74, 6) is 0.157. The van der Waals surface area contributed by atoms with Gasteiger partial charge in [0, 0.05) is 30.3 Å². The van der Waals surface area contributed by atoms with Crippen molar-refractivity contribution >= 4 is 39.6 Å². The molecule has 0 spiro atoms. The van der Waals surface area contributed by atoms with E-state index in [-0.39, 0.29) is 23.7 Å². The number of piperidine rings is 1. The highest BCUT2D eigenvalue weighted by molar-refractivity contribution is 7.16. The minimum atomic E-state index is -0.0460. The maximum Gasteiger partial charge on any atom is 0.229 e. The van der Waals surface area contributed by atoms with E-state index < -0.39 is 0 Å². The third-order valence-corrected chi connectivity index (χ3v) is 5.83. The van der Waals surface area contributed by atoms with Crippen molar-refractivity contribution in [3.63, 3.8) is 0 Å². The summed E-state index contributed by atoms with van der Waals surface area (Å²) in [4.78, 5) is 31.9. The lowest BCUT2D eigenvalue weighted by atomic mass is 9.95. The number of anilines is 1. The van der Waals surface area contributed by atoms with Crippen molar-refractivity contribution in [1.82, 2.24) is 9.88 Å². The molecule has 1 saturated heterocycles. The second kappa shape index (κ2) is 7.44. The van der Waals surface area contributed by atoms with E-state index in [9.17, 15) is 9.59 Å². The zero-order valence-electron chi connectivity index (χ0n) is 13.8. The third kappa shape index (κ3) is 3.84. The molecule has 0 unspecified atom stereocenters. The van der Waals surface area contributed by atoms with E-state index >= 15 is 0 Å². The summed E-state index contributed by atoms with van der Waals surface area (Å²) < 4.78 is 0. The molecule has 1 fully saturated rings. The van der Waals surface area contributed by atoms with Gasteiger partial charge in [-0.3, -0.25) is 9.59 Å². The molecule has 2 aromatic heterocycles. The van der Waals surface area contributed by atoms with E-state index in [0.717, 1.165) is 10.6 Å². The van der Waals surface area contributed by atoms with Crippen LogP contribution >= 0.6 is 22.7 Å². The maximum absolute atomic E-state index is 12.4. The molecule has 24 heavy (non-hydrogen) atoms. The number of carbonyl (C=O) groups is 2. The molecule has 1 N–H and O–H groups in total. The lowest BCUT2D eigenvalue weighted by molar-refractivity contribution is -0.137. The van der Waals surface area contributed by atoms with E-state index in [4.69, 9.17) is 0 Å². The number of nitrogens with zero attached hydrogens (tertiary/aromatic N) is 2. The Morgan fingerprint density at radius 1 is 1.29 bits per heavy atom. The summed E-state index contributed by atoms with van der Waals surface area (Å²) in [5, 5.41) is 7.55. The van der Waals surface area contributed by atoms with Crippen LogP contribution in [-0.4, -0.2) is 34.8 Å². The number of thiazole rings is 1. The van der Waals surface area contributed by atoms with Crippen LogP contribution in [0.15, 0.2) is 22.9 Å². The summed E-state index contributed by atoms with van der Waals surface area (Å²) in [6, 6.07) is 4.01. The fraction of sp³-hybridized carbons (Fsp3) is 0.471. The van der Waals surface area contributed by atoms with Gasteiger partial charge in [0.1, 0.15) is 0 Å². The average molecular weight is 364 g/mol. The zero-order chi connectivity index (χ0) is 17.1. The highest BCUT2D eigenvalue weighted by Gasteiger charge is 2.28. The van der Waals surface area contributed by atoms with Crippen LogP contribution in [0, 0.1) is 11.8 Å². The van der Waals surface area contributed by atoms with E-state index in [2.05, 4.69) is 10.3 Å². The largest absolute Gasteiger partial charge is 0.342 e. The second-order valence-electron chi connectivity index (χ2n) is 6.26. The fourth-order valence-corrected chi connectivity index (χ4v) is 4.28. The third-order valence-electron chi connectivity index (χ3n) is 4.18.